The number of phenols is 2. The number of phenolic OH excluding ortho intramolecular Hbond substituents is 2. The summed E-state index contributed by atoms with van der Waals surface area (Å²) >= 11 is 0. The van der Waals surface area contributed by atoms with E-state index in [2.05, 4.69) is 32.9 Å². The van der Waals surface area contributed by atoms with E-state index in [1.165, 1.54) is 18.4 Å². The van der Waals surface area contributed by atoms with Crippen LogP contribution in [0, 0.1) is 0 Å². The molecule has 0 aromatic heterocycles. The molecule has 0 spiro atoms. The van der Waals surface area contributed by atoms with Gasteiger partial charge in [0.05, 0.1) is 0 Å². The average molecular weight is 302 g/mol. The van der Waals surface area contributed by atoms with Crippen LogP contribution in [0.5, 0.6) is 11.5 Å². The third kappa shape index (κ3) is 6.84. The highest BCUT2D eigenvalue weighted by Crippen LogP contribution is 2.30. The number of hydrogen-bond donors (Lipinski definition) is 2. The molecule has 0 aliphatic carbocycles. The van der Waals surface area contributed by atoms with Crippen LogP contribution in [0.3, 0.4) is 0 Å². The first-order chi connectivity index (χ1) is 10.5. The summed E-state index contributed by atoms with van der Waals surface area (Å²) in [6.45, 7) is 6.37. The standard InChI is InChI=1S/C20H30O2/c1-4-5-8-12-17-14-19(21)18(20(22)15-17)13-10-7-6-9-11-16(2)3/h7,10-11,14-15,21-22H,4-6,8-9,12-13H2,1-3H3/b10-7+. The fourth-order valence-electron chi connectivity index (χ4n) is 2.42. The van der Waals surface area contributed by atoms with Gasteiger partial charge in [0.1, 0.15) is 11.5 Å². The van der Waals surface area contributed by atoms with Crippen molar-refractivity contribution in [2.45, 2.75) is 65.7 Å². The first kappa shape index (κ1) is 18.3. The normalized spacial score (nSPS) is 11.0. The summed E-state index contributed by atoms with van der Waals surface area (Å²) in [7, 11) is 0. The molecule has 0 fully saturated rings. The quantitative estimate of drug-likeness (QED) is 0.455. The fourth-order valence-corrected chi connectivity index (χ4v) is 2.42. The molecule has 0 amide bonds. The summed E-state index contributed by atoms with van der Waals surface area (Å²) in [6.07, 6.45) is 13.3. The van der Waals surface area contributed by atoms with Crippen molar-refractivity contribution < 1.29 is 10.2 Å². The highest BCUT2D eigenvalue weighted by atomic mass is 16.3. The predicted octanol–water partition coefficient (Wildman–Crippen LogP) is 5.68. The van der Waals surface area contributed by atoms with Crippen molar-refractivity contribution in [2.24, 2.45) is 0 Å². The molecule has 0 saturated heterocycles. The molecule has 1 aromatic carbocycles. The van der Waals surface area contributed by atoms with E-state index in [9.17, 15) is 10.2 Å². The molecule has 0 radical (unpaired) electrons. The van der Waals surface area contributed by atoms with Crippen molar-refractivity contribution in [3.63, 3.8) is 0 Å². The number of rotatable bonds is 9. The topological polar surface area (TPSA) is 40.5 Å². The highest BCUT2D eigenvalue weighted by molar-refractivity contribution is 5.47. The summed E-state index contributed by atoms with van der Waals surface area (Å²) in [6, 6.07) is 3.59. The average Bonchev–Trinajstić information content (AvgIpc) is 2.45. The van der Waals surface area contributed by atoms with Crippen molar-refractivity contribution in [1.82, 2.24) is 0 Å². The second kappa shape index (κ2) is 10.1. The molecule has 0 heterocycles. The third-order valence-corrected chi connectivity index (χ3v) is 3.71. The molecule has 0 unspecified atom stereocenters. The lowest BCUT2D eigenvalue weighted by molar-refractivity contribution is 0.439. The van der Waals surface area contributed by atoms with E-state index in [0.29, 0.717) is 12.0 Å². The molecule has 0 bridgehead atoms. The Hall–Kier alpha value is -1.70. The number of aryl methyl sites for hydroxylation is 1. The lowest BCUT2D eigenvalue weighted by Gasteiger charge is -2.09. The van der Waals surface area contributed by atoms with Crippen molar-refractivity contribution in [3.05, 3.63) is 47.1 Å². The van der Waals surface area contributed by atoms with E-state index in [0.717, 1.165) is 31.2 Å². The smallest absolute Gasteiger partial charge is 0.123 e. The molecule has 2 nitrogen and oxygen atoms in total. The number of allylic oxidation sites excluding steroid dienone is 4. The Kier molecular flexibility index (Phi) is 8.42. The molecule has 0 aliphatic rings. The van der Waals surface area contributed by atoms with Crippen molar-refractivity contribution in [3.8, 4) is 11.5 Å². The molecule has 0 atom stereocenters. The van der Waals surface area contributed by atoms with Crippen LogP contribution in [0.25, 0.3) is 0 Å². The van der Waals surface area contributed by atoms with Gasteiger partial charge in [-0.2, -0.15) is 0 Å². The lowest BCUT2D eigenvalue weighted by Crippen LogP contribution is -1.90. The molecule has 0 aliphatic heterocycles. The maximum absolute atomic E-state index is 10.1. The van der Waals surface area contributed by atoms with Crippen molar-refractivity contribution in [1.29, 1.82) is 0 Å². The summed E-state index contributed by atoms with van der Waals surface area (Å²) in [5.41, 5.74) is 2.97. The monoisotopic (exact) mass is 302 g/mol. The van der Waals surface area contributed by atoms with Crippen LogP contribution in [0.2, 0.25) is 0 Å². The molecule has 22 heavy (non-hydrogen) atoms. The summed E-state index contributed by atoms with van der Waals surface area (Å²) in [5, 5.41) is 20.2. The largest absolute Gasteiger partial charge is 0.508 e. The maximum Gasteiger partial charge on any atom is 0.123 e. The number of aromatic hydroxyl groups is 2. The van der Waals surface area contributed by atoms with Gasteiger partial charge in [0, 0.05) is 5.56 Å². The number of benzene rings is 1. The van der Waals surface area contributed by atoms with Crippen LogP contribution in [-0.4, -0.2) is 10.2 Å². The van der Waals surface area contributed by atoms with Gasteiger partial charge in [-0.15, -0.1) is 0 Å². The molecule has 122 valence electrons. The van der Waals surface area contributed by atoms with E-state index < -0.39 is 0 Å². The maximum atomic E-state index is 10.1. The minimum absolute atomic E-state index is 0.209. The van der Waals surface area contributed by atoms with Gasteiger partial charge in [-0.3, -0.25) is 0 Å². The molecule has 1 aromatic rings. The SMILES string of the molecule is CCCCCc1cc(O)c(C/C=C/CCC=C(C)C)c(O)c1. The minimum atomic E-state index is 0.209. The Morgan fingerprint density at radius 3 is 2.27 bits per heavy atom. The fraction of sp³-hybridized carbons (Fsp3) is 0.500. The Balaban J connectivity index is 2.56. The zero-order valence-electron chi connectivity index (χ0n) is 14.2. The van der Waals surface area contributed by atoms with Gasteiger partial charge in [-0.05, 0) is 63.6 Å². The minimum Gasteiger partial charge on any atom is -0.508 e. The van der Waals surface area contributed by atoms with E-state index in [1.54, 1.807) is 12.1 Å². The van der Waals surface area contributed by atoms with Gasteiger partial charge in [-0.25, -0.2) is 0 Å². The molecular weight excluding hydrogens is 272 g/mol. The molecule has 0 saturated carbocycles. The van der Waals surface area contributed by atoms with Crippen LogP contribution in [-0.2, 0) is 12.8 Å². The van der Waals surface area contributed by atoms with Gasteiger partial charge in [0.15, 0.2) is 0 Å². The molecule has 2 heteroatoms. The van der Waals surface area contributed by atoms with E-state index in [-0.39, 0.29) is 11.5 Å². The summed E-state index contributed by atoms with van der Waals surface area (Å²) in [4.78, 5) is 0. The molecular formula is C20H30O2. The van der Waals surface area contributed by atoms with Crippen LogP contribution < -0.4 is 0 Å². The predicted molar refractivity (Wildman–Crippen MR) is 94.5 cm³/mol. The van der Waals surface area contributed by atoms with E-state index in [1.807, 2.05) is 6.08 Å². The summed E-state index contributed by atoms with van der Waals surface area (Å²) < 4.78 is 0. The van der Waals surface area contributed by atoms with E-state index in [4.69, 9.17) is 0 Å². The number of hydrogen-bond acceptors (Lipinski definition) is 2. The second-order valence-electron chi connectivity index (χ2n) is 6.10. The van der Waals surface area contributed by atoms with Crippen LogP contribution in [0.15, 0.2) is 35.9 Å². The Bertz CT molecular complexity index is 485. The zero-order valence-corrected chi connectivity index (χ0v) is 14.2. The lowest BCUT2D eigenvalue weighted by atomic mass is 10.0. The molecule has 2 N–H and O–H groups in total. The Morgan fingerprint density at radius 2 is 1.68 bits per heavy atom. The van der Waals surface area contributed by atoms with Gasteiger partial charge in [-0.1, -0.05) is 43.6 Å². The Morgan fingerprint density at radius 1 is 1.00 bits per heavy atom. The van der Waals surface area contributed by atoms with Crippen LogP contribution in [0.1, 0.15) is 64.0 Å². The van der Waals surface area contributed by atoms with Crippen molar-refractivity contribution in [2.75, 3.05) is 0 Å². The third-order valence-electron chi connectivity index (χ3n) is 3.71. The van der Waals surface area contributed by atoms with Crippen molar-refractivity contribution >= 4 is 0 Å². The first-order valence-corrected chi connectivity index (χ1v) is 8.36. The van der Waals surface area contributed by atoms with Crippen LogP contribution in [0.4, 0.5) is 0 Å². The first-order valence-electron chi connectivity index (χ1n) is 8.36. The number of unbranched alkanes of at least 4 members (excludes halogenated alkanes) is 3. The molecule has 1 rings (SSSR count). The second-order valence-corrected chi connectivity index (χ2v) is 6.10. The highest BCUT2D eigenvalue weighted by Gasteiger charge is 2.08. The zero-order chi connectivity index (χ0) is 16.4. The van der Waals surface area contributed by atoms with Crippen LogP contribution >= 0.6 is 0 Å². The van der Waals surface area contributed by atoms with Gasteiger partial charge in [0.25, 0.3) is 0 Å². The Labute approximate surface area is 135 Å². The van der Waals surface area contributed by atoms with Gasteiger partial charge in [0.2, 0.25) is 0 Å². The summed E-state index contributed by atoms with van der Waals surface area (Å²) in [5.74, 6) is 0.417. The van der Waals surface area contributed by atoms with E-state index >= 15 is 0 Å². The van der Waals surface area contributed by atoms with Gasteiger partial charge >= 0.3 is 0 Å². The van der Waals surface area contributed by atoms with Gasteiger partial charge < -0.3 is 10.2 Å².